The molecule has 0 atom stereocenters. The predicted molar refractivity (Wildman–Crippen MR) is 78.9 cm³/mol. The first kappa shape index (κ1) is 15.1. The topological polar surface area (TPSA) is 103 Å². The molecule has 1 heterocycles. The van der Waals surface area contributed by atoms with Crippen molar-refractivity contribution in [3.8, 4) is 0 Å². The standard InChI is InChI=1S/C12H12BrN5O3/c1-7-4-3-5-8(2)10(7)14-9(19)6-17-11(13)15-12(16-17)18(20)21/h3-5H,6H2,1-2H3,(H,14,19). The molecule has 0 spiro atoms. The number of anilines is 1. The van der Waals surface area contributed by atoms with E-state index < -0.39 is 10.9 Å². The Morgan fingerprint density at radius 3 is 2.57 bits per heavy atom. The zero-order valence-electron chi connectivity index (χ0n) is 11.3. The van der Waals surface area contributed by atoms with Gasteiger partial charge in [0.05, 0.1) is 0 Å². The van der Waals surface area contributed by atoms with Crippen molar-refractivity contribution in [2.24, 2.45) is 0 Å². The van der Waals surface area contributed by atoms with Gasteiger partial charge in [-0.25, -0.2) is 0 Å². The van der Waals surface area contributed by atoms with E-state index in [0.29, 0.717) is 0 Å². The number of carbonyl (C=O) groups is 1. The van der Waals surface area contributed by atoms with E-state index in [-0.39, 0.29) is 17.2 Å². The average molecular weight is 354 g/mol. The second-order valence-corrected chi connectivity index (χ2v) is 5.12. The number of para-hydroxylation sites is 1. The summed E-state index contributed by atoms with van der Waals surface area (Å²) in [6.07, 6.45) is 0. The summed E-state index contributed by atoms with van der Waals surface area (Å²) < 4.78 is 1.26. The molecule has 1 aromatic carbocycles. The Morgan fingerprint density at radius 2 is 2.05 bits per heavy atom. The summed E-state index contributed by atoms with van der Waals surface area (Å²) >= 11 is 3.03. The minimum atomic E-state index is -0.718. The lowest BCUT2D eigenvalue weighted by Gasteiger charge is -2.10. The number of halogens is 1. The van der Waals surface area contributed by atoms with E-state index in [0.717, 1.165) is 21.5 Å². The van der Waals surface area contributed by atoms with Crippen LogP contribution in [0.3, 0.4) is 0 Å². The van der Waals surface area contributed by atoms with Crippen molar-refractivity contribution in [1.82, 2.24) is 14.8 Å². The van der Waals surface area contributed by atoms with Crippen LogP contribution in [-0.4, -0.2) is 25.6 Å². The Kier molecular flexibility index (Phi) is 4.32. The van der Waals surface area contributed by atoms with Crippen LogP contribution in [0, 0.1) is 24.0 Å². The van der Waals surface area contributed by atoms with Crippen molar-refractivity contribution in [3.63, 3.8) is 0 Å². The first-order chi connectivity index (χ1) is 9.88. The highest BCUT2D eigenvalue weighted by Gasteiger charge is 2.21. The van der Waals surface area contributed by atoms with E-state index in [1.54, 1.807) is 0 Å². The fourth-order valence-corrected chi connectivity index (χ4v) is 2.18. The van der Waals surface area contributed by atoms with Gasteiger partial charge in [-0.2, -0.15) is 4.68 Å². The minimum Gasteiger partial charge on any atom is -0.390 e. The van der Waals surface area contributed by atoms with Crippen molar-refractivity contribution in [2.75, 3.05) is 5.32 Å². The highest BCUT2D eigenvalue weighted by Crippen LogP contribution is 2.19. The maximum Gasteiger partial charge on any atom is 0.492 e. The molecular weight excluding hydrogens is 342 g/mol. The quantitative estimate of drug-likeness (QED) is 0.670. The minimum absolute atomic E-state index is 0.130. The number of carbonyl (C=O) groups excluding carboxylic acids is 1. The zero-order valence-corrected chi connectivity index (χ0v) is 12.9. The number of aryl methyl sites for hydroxylation is 2. The first-order valence-electron chi connectivity index (χ1n) is 5.99. The lowest BCUT2D eigenvalue weighted by molar-refractivity contribution is -0.394. The Labute approximate surface area is 128 Å². The van der Waals surface area contributed by atoms with E-state index >= 15 is 0 Å². The maximum absolute atomic E-state index is 12.0. The van der Waals surface area contributed by atoms with Gasteiger partial charge in [-0.05, 0) is 34.9 Å². The lowest BCUT2D eigenvalue weighted by atomic mass is 10.1. The van der Waals surface area contributed by atoms with Crippen LogP contribution in [-0.2, 0) is 11.3 Å². The fraction of sp³-hybridized carbons (Fsp3) is 0.250. The largest absolute Gasteiger partial charge is 0.492 e. The van der Waals surface area contributed by atoms with Crippen LogP contribution in [0.1, 0.15) is 11.1 Å². The van der Waals surface area contributed by atoms with Crippen molar-refractivity contribution < 1.29 is 9.72 Å². The summed E-state index contributed by atoms with van der Waals surface area (Å²) in [5.41, 5.74) is 2.60. The Bertz CT molecular complexity index is 693. The number of hydrogen-bond acceptors (Lipinski definition) is 5. The van der Waals surface area contributed by atoms with Gasteiger partial charge in [0, 0.05) is 26.7 Å². The third-order valence-electron chi connectivity index (χ3n) is 2.82. The first-order valence-corrected chi connectivity index (χ1v) is 6.78. The van der Waals surface area contributed by atoms with Crippen LogP contribution in [0.5, 0.6) is 0 Å². The third kappa shape index (κ3) is 3.43. The molecule has 2 aromatic rings. The molecule has 0 bridgehead atoms. The van der Waals surface area contributed by atoms with Crippen molar-refractivity contribution >= 4 is 33.5 Å². The third-order valence-corrected chi connectivity index (χ3v) is 3.40. The smallest absolute Gasteiger partial charge is 0.390 e. The fourth-order valence-electron chi connectivity index (χ4n) is 1.82. The van der Waals surface area contributed by atoms with Crippen LogP contribution >= 0.6 is 15.9 Å². The molecule has 0 aliphatic carbocycles. The van der Waals surface area contributed by atoms with Gasteiger partial charge in [0.1, 0.15) is 6.54 Å². The molecule has 1 aromatic heterocycles. The van der Waals surface area contributed by atoms with Gasteiger partial charge in [0.25, 0.3) is 4.73 Å². The molecule has 0 unspecified atom stereocenters. The monoisotopic (exact) mass is 353 g/mol. The predicted octanol–water partition coefficient (Wildman–Crippen LogP) is 2.20. The Balaban J connectivity index is 2.14. The van der Waals surface area contributed by atoms with Gasteiger partial charge in [0.15, 0.2) is 0 Å². The molecule has 1 N–H and O–H groups in total. The number of amides is 1. The molecule has 8 nitrogen and oxygen atoms in total. The molecule has 0 saturated carbocycles. The molecular formula is C12H12BrN5O3. The van der Waals surface area contributed by atoms with E-state index in [4.69, 9.17) is 0 Å². The van der Waals surface area contributed by atoms with Gasteiger partial charge < -0.3 is 15.4 Å². The van der Waals surface area contributed by atoms with Gasteiger partial charge in [-0.15, -0.1) is 0 Å². The van der Waals surface area contributed by atoms with Crippen molar-refractivity contribution in [2.45, 2.75) is 20.4 Å². The molecule has 110 valence electrons. The molecule has 1 amide bonds. The second-order valence-electron chi connectivity index (χ2n) is 4.41. The molecule has 2 rings (SSSR count). The molecule has 0 saturated heterocycles. The van der Waals surface area contributed by atoms with Crippen LogP contribution in [0.15, 0.2) is 22.9 Å². The summed E-state index contributed by atoms with van der Waals surface area (Å²) in [7, 11) is 0. The van der Waals surface area contributed by atoms with Crippen LogP contribution in [0.25, 0.3) is 0 Å². The lowest BCUT2D eigenvalue weighted by Crippen LogP contribution is -2.20. The highest BCUT2D eigenvalue weighted by molar-refractivity contribution is 9.10. The highest BCUT2D eigenvalue weighted by atomic mass is 79.9. The van der Waals surface area contributed by atoms with Gasteiger partial charge in [-0.3, -0.25) is 4.79 Å². The SMILES string of the molecule is Cc1cccc(C)c1NC(=O)Cn1nc([N+](=O)[O-])nc1Br. The van der Waals surface area contributed by atoms with Crippen molar-refractivity contribution in [3.05, 3.63) is 44.2 Å². The normalized spacial score (nSPS) is 10.4. The van der Waals surface area contributed by atoms with Crippen LogP contribution in [0.2, 0.25) is 0 Å². The van der Waals surface area contributed by atoms with E-state index in [1.807, 2.05) is 32.0 Å². The van der Waals surface area contributed by atoms with E-state index in [1.165, 1.54) is 0 Å². The van der Waals surface area contributed by atoms with Gasteiger partial charge >= 0.3 is 5.95 Å². The number of hydrogen-bond donors (Lipinski definition) is 1. The molecule has 0 aliphatic heterocycles. The van der Waals surface area contributed by atoms with E-state index in [2.05, 4.69) is 31.3 Å². The molecule has 0 radical (unpaired) electrons. The number of nitro groups is 1. The van der Waals surface area contributed by atoms with E-state index in [9.17, 15) is 14.9 Å². The van der Waals surface area contributed by atoms with Gasteiger partial charge in [0.2, 0.25) is 5.91 Å². The molecule has 21 heavy (non-hydrogen) atoms. The molecule has 0 aliphatic rings. The summed E-state index contributed by atoms with van der Waals surface area (Å²) in [4.78, 5) is 25.5. The summed E-state index contributed by atoms with van der Waals surface area (Å²) in [5.74, 6) is -0.894. The second kappa shape index (κ2) is 6.00. The molecule has 0 fully saturated rings. The number of nitrogens with zero attached hydrogens (tertiary/aromatic N) is 4. The zero-order chi connectivity index (χ0) is 15.6. The van der Waals surface area contributed by atoms with Crippen molar-refractivity contribution in [1.29, 1.82) is 0 Å². The Morgan fingerprint density at radius 1 is 1.43 bits per heavy atom. The Hall–Kier alpha value is -2.29. The average Bonchev–Trinajstić information content (AvgIpc) is 2.76. The summed E-state index contributed by atoms with van der Waals surface area (Å²) in [6.45, 7) is 3.60. The summed E-state index contributed by atoms with van der Waals surface area (Å²) in [6, 6.07) is 5.68. The van der Waals surface area contributed by atoms with Crippen LogP contribution in [0.4, 0.5) is 11.6 Å². The number of nitrogens with one attached hydrogen (secondary N) is 1. The van der Waals surface area contributed by atoms with Gasteiger partial charge in [-0.1, -0.05) is 18.2 Å². The maximum atomic E-state index is 12.0. The summed E-state index contributed by atoms with van der Waals surface area (Å²) in [5, 5.41) is 17.0. The molecule has 9 heteroatoms. The number of benzene rings is 1. The van der Waals surface area contributed by atoms with Crippen LogP contribution < -0.4 is 5.32 Å². The number of aromatic nitrogens is 3. The number of rotatable bonds is 4.